The van der Waals surface area contributed by atoms with Gasteiger partial charge in [0.25, 0.3) is 0 Å². The summed E-state index contributed by atoms with van der Waals surface area (Å²) in [7, 11) is 0. The van der Waals surface area contributed by atoms with Gasteiger partial charge in [0, 0.05) is 21.9 Å². The van der Waals surface area contributed by atoms with Crippen molar-refractivity contribution >= 4 is 22.7 Å². The number of hydrogen-bond acceptors (Lipinski definition) is 5. The highest BCUT2D eigenvalue weighted by atomic mass is 32.1. The Morgan fingerprint density at radius 3 is 2.85 bits per heavy atom. The second-order valence-corrected chi connectivity index (χ2v) is 6.58. The van der Waals surface area contributed by atoms with Crippen LogP contribution in [0.3, 0.4) is 0 Å². The third-order valence-corrected chi connectivity index (χ3v) is 4.96. The molecule has 0 spiro atoms. The van der Waals surface area contributed by atoms with E-state index in [1.807, 2.05) is 13.8 Å². The number of nitrogens with one attached hydrogen (secondary N) is 1. The molecule has 1 N–H and O–H groups in total. The molecule has 3 heterocycles. The van der Waals surface area contributed by atoms with Gasteiger partial charge in [-0.25, -0.2) is 4.98 Å². The van der Waals surface area contributed by atoms with Crippen LogP contribution in [0.2, 0.25) is 0 Å². The molecular formula is C15H16N2OS2. The SMILES string of the molecule is Cc1nc(CNCc2cc(-c3cccs3)cs2)oc1C. The Kier molecular flexibility index (Phi) is 4.00. The van der Waals surface area contributed by atoms with Crippen LogP contribution in [-0.2, 0) is 13.1 Å². The minimum absolute atomic E-state index is 0.668. The molecule has 0 atom stereocenters. The molecule has 0 aliphatic rings. The van der Waals surface area contributed by atoms with Crippen LogP contribution in [0.25, 0.3) is 10.4 Å². The molecular weight excluding hydrogens is 288 g/mol. The van der Waals surface area contributed by atoms with Crippen molar-refractivity contribution in [3.63, 3.8) is 0 Å². The van der Waals surface area contributed by atoms with E-state index in [1.165, 1.54) is 15.3 Å². The van der Waals surface area contributed by atoms with Crippen LogP contribution < -0.4 is 5.32 Å². The summed E-state index contributed by atoms with van der Waals surface area (Å²) in [6.07, 6.45) is 0. The van der Waals surface area contributed by atoms with E-state index in [0.29, 0.717) is 6.54 Å². The van der Waals surface area contributed by atoms with Crippen molar-refractivity contribution in [1.82, 2.24) is 10.3 Å². The molecule has 3 aromatic rings. The number of hydrogen-bond donors (Lipinski definition) is 1. The summed E-state index contributed by atoms with van der Waals surface area (Å²) in [5, 5.41) is 7.69. The van der Waals surface area contributed by atoms with E-state index in [9.17, 15) is 0 Å². The Morgan fingerprint density at radius 1 is 1.25 bits per heavy atom. The summed E-state index contributed by atoms with van der Waals surface area (Å²) < 4.78 is 5.55. The van der Waals surface area contributed by atoms with Crippen LogP contribution in [-0.4, -0.2) is 4.98 Å². The molecule has 5 heteroatoms. The Morgan fingerprint density at radius 2 is 2.15 bits per heavy atom. The standard InChI is InChI=1S/C15H16N2OS2/c1-10-11(2)18-15(17-10)8-16-7-13-6-12(9-20-13)14-4-3-5-19-14/h3-6,9,16H,7-8H2,1-2H3. The lowest BCUT2D eigenvalue weighted by molar-refractivity contribution is 0.449. The first-order chi connectivity index (χ1) is 9.72. The second kappa shape index (κ2) is 5.91. The molecule has 20 heavy (non-hydrogen) atoms. The van der Waals surface area contributed by atoms with Gasteiger partial charge in [-0.3, -0.25) is 0 Å². The van der Waals surface area contributed by atoms with Crippen molar-refractivity contribution in [3.8, 4) is 10.4 Å². The number of rotatable bonds is 5. The first-order valence-electron chi connectivity index (χ1n) is 6.47. The van der Waals surface area contributed by atoms with Crippen molar-refractivity contribution in [2.45, 2.75) is 26.9 Å². The van der Waals surface area contributed by atoms with Crippen molar-refractivity contribution in [2.75, 3.05) is 0 Å². The molecule has 0 aromatic carbocycles. The molecule has 0 aliphatic carbocycles. The van der Waals surface area contributed by atoms with E-state index in [-0.39, 0.29) is 0 Å². The monoisotopic (exact) mass is 304 g/mol. The first-order valence-corrected chi connectivity index (χ1v) is 8.23. The molecule has 104 valence electrons. The van der Waals surface area contributed by atoms with E-state index in [0.717, 1.165) is 23.9 Å². The van der Waals surface area contributed by atoms with E-state index in [1.54, 1.807) is 22.7 Å². The number of oxazole rings is 1. The molecule has 3 rings (SSSR count). The van der Waals surface area contributed by atoms with Gasteiger partial charge in [0.1, 0.15) is 5.76 Å². The van der Waals surface area contributed by atoms with Crippen LogP contribution in [0.4, 0.5) is 0 Å². The molecule has 0 radical (unpaired) electrons. The molecule has 0 amide bonds. The van der Waals surface area contributed by atoms with Crippen LogP contribution in [0.1, 0.15) is 22.2 Å². The van der Waals surface area contributed by atoms with Gasteiger partial charge in [-0.2, -0.15) is 0 Å². The Labute approximate surface area is 126 Å². The number of thiophene rings is 2. The molecule has 0 saturated heterocycles. The lowest BCUT2D eigenvalue weighted by atomic mass is 10.2. The largest absolute Gasteiger partial charge is 0.444 e. The Bertz CT molecular complexity index is 663. The molecule has 3 aromatic heterocycles. The third-order valence-electron chi connectivity index (χ3n) is 3.11. The lowest BCUT2D eigenvalue weighted by Crippen LogP contribution is -2.11. The summed E-state index contributed by atoms with van der Waals surface area (Å²) in [6, 6.07) is 6.49. The fourth-order valence-electron chi connectivity index (χ4n) is 1.95. The van der Waals surface area contributed by atoms with E-state index in [2.05, 4.69) is 39.3 Å². The predicted octanol–water partition coefficient (Wildman–Crippen LogP) is 4.37. The number of aryl methyl sites for hydroxylation is 2. The summed E-state index contributed by atoms with van der Waals surface area (Å²) in [4.78, 5) is 7.02. The van der Waals surface area contributed by atoms with Gasteiger partial charge < -0.3 is 9.73 Å². The highest BCUT2D eigenvalue weighted by Gasteiger charge is 2.06. The maximum absolute atomic E-state index is 5.55. The van der Waals surface area contributed by atoms with E-state index < -0.39 is 0 Å². The first kappa shape index (κ1) is 13.5. The van der Waals surface area contributed by atoms with Gasteiger partial charge in [0.05, 0.1) is 12.2 Å². The van der Waals surface area contributed by atoms with Gasteiger partial charge in [-0.05, 0) is 36.7 Å². The molecule has 0 saturated carbocycles. The predicted molar refractivity (Wildman–Crippen MR) is 84.2 cm³/mol. The Balaban J connectivity index is 1.56. The molecule has 3 nitrogen and oxygen atoms in total. The summed E-state index contributed by atoms with van der Waals surface area (Å²) in [6.45, 7) is 5.42. The average molecular weight is 304 g/mol. The quantitative estimate of drug-likeness (QED) is 0.760. The molecule has 0 bridgehead atoms. The van der Waals surface area contributed by atoms with Gasteiger partial charge >= 0.3 is 0 Å². The van der Waals surface area contributed by atoms with Crippen molar-refractivity contribution in [3.05, 3.63) is 51.2 Å². The zero-order valence-corrected chi connectivity index (χ0v) is 13.1. The second-order valence-electron chi connectivity index (χ2n) is 4.63. The van der Waals surface area contributed by atoms with Gasteiger partial charge in [-0.15, -0.1) is 22.7 Å². The maximum atomic E-state index is 5.55. The molecule has 0 unspecified atom stereocenters. The van der Waals surface area contributed by atoms with E-state index in [4.69, 9.17) is 4.42 Å². The van der Waals surface area contributed by atoms with Crippen molar-refractivity contribution < 1.29 is 4.42 Å². The normalized spacial score (nSPS) is 11.1. The van der Waals surface area contributed by atoms with Crippen molar-refractivity contribution in [1.29, 1.82) is 0 Å². The highest BCUT2D eigenvalue weighted by molar-refractivity contribution is 7.14. The van der Waals surface area contributed by atoms with Gasteiger partial charge in [-0.1, -0.05) is 6.07 Å². The fraction of sp³-hybridized carbons (Fsp3) is 0.267. The van der Waals surface area contributed by atoms with Crippen LogP contribution >= 0.6 is 22.7 Å². The lowest BCUT2D eigenvalue weighted by Gasteiger charge is -1.98. The van der Waals surface area contributed by atoms with Crippen LogP contribution in [0, 0.1) is 13.8 Å². The summed E-state index contributed by atoms with van der Waals surface area (Å²) in [5.41, 5.74) is 2.28. The summed E-state index contributed by atoms with van der Waals surface area (Å²) in [5.74, 6) is 1.66. The number of aromatic nitrogens is 1. The smallest absolute Gasteiger partial charge is 0.208 e. The Hall–Kier alpha value is -1.43. The fourth-order valence-corrected chi connectivity index (χ4v) is 3.60. The van der Waals surface area contributed by atoms with Crippen molar-refractivity contribution in [2.24, 2.45) is 0 Å². The minimum Gasteiger partial charge on any atom is -0.444 e. The van der Waals surface area contributed by atoms with Gasteiger partial charge in [0.2, 0.25) is 5.89 Å². The zero-order chi connectivity index (χ0) is 13.9. The summed E-state index contributed by atoms with van der Waals surface area (Å²) >= 11 is 3.56. The minimum atomic E-state index is 0.668. The third kappa shape index (κ3) is 3.00. The topological polar surface area (TPSA) is 38.1 Å². The van der Waals surface area contributed by atoms with Crippen LogP contribution in [0.15, 0.2) is 33.4 Å². The maximum Gasteiger partial charge on any atom is 0.208 e. The average Bonchev–Trinajstić information content (AvgIpc) is 3.12. The van der Waals surface area contributed by atoms with Gasteiger partial charge in [0.15, 0.2) is 0 Å². The molecule has 0 aliphatic heterocycles. The van der Waals surface area contributed by atoms with Crippen LogP contribution in [0.5, 0.6) is 0 Å². The zero-order valence-electron chi connectivity index (χ0n) is 11.5. The molecule has 0 fully saturated rings. The highest BCUT2D eigenvalue weighted by Crippen LogP contribution is 2.29. The van der Waals surface area contributed by atoms with E-state index >= 15 is 0 Å². The number of nitrogens with zero attached hydrogens (tertiary/aromatic N) is 1.